The van der Waals surface area contributed by atoms with Crippen LogP contribution in [0.5, 0.6) is 0 Å². The SMILES string of the molecule is CN(CC(=O)NCCC1CCCCO1)Cc1ccncc1. The minimum atomic E-state index is 0.0716. The number of amides is 1. The van der Waals surface area contributed by atoms with Crippen LogP contribution in [0, 0.1) is 0 Å². The molecule has 5 heteroatoms. The number of nitrogens with one attached hydrogen (secondary N) is 1. The summed E-state index contributed by atoms with van der Waals surface area (Å²) in [5, 5.41) is 2.97. The zero-order valence-corrected chi connectivity index (χ0v) is 12.8. The number of hydrogen-bond donors (Lipinski definition) is 1. The summed E-state index contributed by atoms with van der Waals surface area (Å²) in [6.07, 6.45) is 8.32. The van der Waals surface area contributed by atoms with Crippen LogP contribution in [0.3, 0.4) is 0 Å². The van der Waals surface area contributed by atoms with Crippen LogP contribution in [-0.2, 0) is 16.1 Å². The van der Waals surface area contributed by atoms with Gasteiger partial charge in [-0.05, 0) is 50.4 Å². The molecule has 1 aliphatic rings. The minimum absolute atomic E-state index is 0.0716. The minimum Gasteiger partial charge on any atom is -0.378 e. The molecule has 2 rings (SSSR count). The molecule has 1 N–H and O–H groups in total. The van der Waals surface area contributed by atoms with Gasteiger partial charge in [0.25, 0.3) is 0 Å². The third-order valence-corrected chi connectivity index (χ3v) is 3.68. The van der Waals surface area contributed by atoms with Gasteiger partial charge in [-0.15, -0.1) is 0 Å². The lowest BCUT2D eigenvalue weighted by molar-refractivity contribution is -0.122. The van der Waals surface area contributed by atoms with E-state index in [4.69, 9.17) is 4.74 Å². The number of aromatic nitrogens is 1. The van der Waals surface area contributed by atoms with Crippen molar-refractivity contribution in [2.75, 3.05) is 26.7 Å². The Balaban J connectivity index is 1.60. The second-order valence-corrected chi connectivity index (χ2v) is 5.65. The van der Waals surface area contributed by atoms with Gasteiger partial charge < -0.3 is 10.1 Å². The maximum absolute atomic E-state index is 11.9. The Labute approximate surface area is 126 Å². The van der Waals surface area contributed by atoms with Gasteiger partial charge >= 0.3 is 0 Å². The summed E-state index contributed by atoms with van der Waals surface area (Å²) in [6, 6.07) is 3.93. The number of rotatable bonds is 7. The normalized spacial score (nSPS) is 18.7. The van der Waals surface area contributed by atoms with Crippen LogP contribution in [0.25, 0.3) is 0 Å². The summed E-state index contributed by atoms with van der Waals surface area (Å²) in [6.45, 7) is 2.73. The number of carbonyl (C=O) groups is 1. The summed E-state index contributed by atoms with van der Waals surface area (Å²) < 4.78 is 5.65. The fraction of sp³-hybridized carbons (Fsp3) is 0.625. The molecule has 1 aliphatic heterocycles. The van der Waals surface area contributed by atoms with Crippen LogP contribution in [0.1, 0.15) is 31.2 Å². The molecule has 1 aromatic rings. The number of hydrogen-bond acceptors (Lipinski definition) is 4. The molecule has 21 heavy (non-hydrogen) atoms. The molecule has 1 aromatic heterocycles. The van der Waals surface area contributed by atoms with Gasteiger partial charge in [0.2, 0.25) is 5.91 Å². The van der Waals surface area contributed by atoms with E-state index in [1.807, 2.05) is 24.1 Å². The van der Waals surface area contributed by atoms with Gasteiger partial charge in [-0.3, -0.25) is 14.7 Å². The molecule has 1 unspecified atom stereocenters. The molecule has 0 bridgehead atoms. The van der Waals surface area contributed by atoms with E-state index >= 15 is 0 Å². The highest BCUT2D eigenvalue weighted by molar-refractivity contribution is 5.77. The summed E-state index contributed by atoms with van der Waals surface area (Å²) in [7, 11) is 1.95. The van der Waals surface area contributed by atoms with Crippen LogP contribution < -0.4 is 5.32 Å². The van der Waals surface area contributed by atoms with Gasteiger partial charge in [-0.25, -0.2) is 0 Å². The highest BCUT2D eigenvalue weighted by Crippen LogP contribution is 2.14. The summed E-state index contributed by atoms with van der Waals surface area (Å²) in [5.74, 6) is 0.0716. The first-order chi connectivity index (χ1) is 10.2. The molecule has 0 aliphatic carbocycles. The standard InChI is InChI=1S/C16H25N3O2/c1-19(12-14-5-8-17-9-6-14)13-16(20)18-10-7-15-4-2-3-11-21-15/h5-6,8-9,15H,2-4,7,10-13H2,1H3,(H,18,20). The van der Waals surface area contributed by atoms with Crippen molar-refractivity contribution in [1.82, 2.24) is 15.2 Å². The van der Waals surface area contributed by atoms with E-state index in [9.17, 15) is 4.79 Å². The molecule has 1 saturated heterocycles. The first kappa shape index (κ1) is 15.9. The Morgan fingerprint density at radius 1 is 1.43 bits per heavy atom. The third-order valence-electron chi connectivity index (χ3n) is 3.68. The molecule has 2 heterocycles. The second kappa shape index (κ2) is 8.74. The summed E-state index contributed by atoms with van der Waals surface area (Å²) >= 11 is 0. The Kier molecular flexibility index (Phi) is 6.63. The molecular formula is C16H25N3O2. The van der Waals surface area contributed by atoms with Gasteiger partial charge in [0.05, 0.1) is 12.6 Å². The van der Waals surface area contributed by atoms with Crippen molar-refractivity contribution in [2.45, 2.75) is 38.3 Å². The average Bonchev–Trinajstić information content (AvgIpc) is 2.49. The lowest BCUT2D eigenvalue weighted by Gasteiger charge is -2.22. The van der Waals surface area contributed by atoms with Gasteiger partial charge in [0, 0.05) is 32.1 Å². The molecule has 0 aromatic carbocycles. The van der Waals surface area contributed by atoms with Crippen molar-refractivity contribution in [1.29, 1.82) is 0 Å². The second-order valence-electron chi connectivity index (χ2n) is 5.65. The molecular weight excluding hydrogens is 266 g/mol. The van der Waals surface area contributed by atoms with E-state index in [0.717, 1.165) is 31.6 Å². The van der Waals surface area contributed by atoms with Gasteiger partial charge in [-0.1, -0.05) is 0 Å². The number of ether oxygens (including phenoxy) is 1. The van der Waals surface area contributed by atoms with Crippen LogP contribution in [-0.4, -0.2) is 48.6 Å². The molecule has 116 valence electrons. The number of carbonyl (C=O) groups excluding carboxylic acids is 1. The first-order valence-corrected chi connectivity index (χ1v) is 7.70. The van der Waals surface area contributed by atoms with Crippen molar-refractivity contribution in [3.8, 4) is 0 Å². The largest absolute Gasteiger partial charge is 0.378 e. The van der Waals surface area contributed by atoms with Crippen molar-refractivity contribution >= 4 is 5.91 Å². The van der Waals surface area contributed by atoms with E-state index in [1.54, 1.807) is 12.4 Å². The maximum Gasteiger partial charge on any atom is 0.234 e. The third kappa shape index (κ3) is 6.23. The Bertz CT molecular complexity index is 419. The van der Waals surface area contributed by atoms with Crippen LogP contribution >= 0.6 is 0 Å². The van der Waals surface area contributed by atoms with Crippen LogP contribution in [0.4, 0.5) is 0 Å². The maximum atomic E-state index is 11.9. The zero-order chi connectivity index (χ0) is 14.9. The van der Waals surface area contributed by atoms with Crippen molar-refractivity contribution in [2.24, 2.45) is 0 Å². The summed E-state index contributed by atoms with van der Waals surface area (Å²) in [5.41, 5.74) is 1.16. The number of likely N-dealkylation sites (N-methyl/N-ethyl adjacent to an activating group) is 1. The Morgan fingerprint density at radius 2 is 2.24 bits per heavy atom. The van der Waals surface area contributed by atoms with E-state index < -0.39 is 0 Å². The first-order valence-electron chi connectivity index (χ1n) is 7.70. The lowest BCUT2D eigenvalue weighted by atomic mass is 10.1. The fourth-order valence-electron chi connectivity index (χ4n) is 2.56. The Hall–Kier alpha value is -1.46. The predicted molar refractivity (Wildman–Crippen MR) is 81.8 cm³/mol. The highest BCUT2D eigenvalue weighted by atomic mass is 16.5. The smallest absolute Gasteiger partial charge is 0.234 e. The average molecular weight is 291 g/mol. The van der Waals surface area contributed by atoms with Crippen molar-refractivity contribution < 1.29 is 9.53 Å². The topological polar surface area (TPSA) is 54.5 Å². The zero-order valence-electron chi connectivity index (χ0n) is 12.8. The van der Waals surface area contributed by atoms with Crippen molar-refractivity contribution in [3.05, 3.63) is 30.1 Å². The number of pyridine rings is 1. The molecule has 0 saturated carbocycles. The van der Waals surface area contributed by atoms with Crippen LogP contribution in [0.2, 0.25) is 0 Å². The molecule has 5 nitrogen and oxygen atoms in total. The fourth-order valence-corrected chi connectivity index (χ4v) is 2.56. The lowest BCUT2D eigenvalue weighted by Crippen LogP contribution is -2.36. The number of nitrogens with zero attached hydrogens (tertiary/aromatic N) is 2. The van der Waals surface area contributed by atoms with E-state index in [1.165, 1.54) is 12.8 Å². The van der Waals surface area contributed by atoms with Crippen LogP contribution in [0.15, 0.2) is 24.5 Å². The molecule has 1 fully saturated rings. The predicted octanol–water partition coefficient (Wildman–Crippen LogP) is 1.59. The van der Waals surface area contributed by atoms with E-state index in [-0.39, 0.29) is 5.91 Å². The monoisotopic (exact) mass is 291 g/mol. The van der Waals surface area contributed by atoms with Gasteiger partial charge in [0.15, 0.2) is 0 Å². The quantitative estimate of drug-likeness (QED) is 0.829. The summed E-state index contributed by atoms with van der Waals surface area (Å²) in [4.78, 5) is 17.9. The molecule has 0 radical (unpaired) electrons. The van der Waals surface area contributed by atoms with E-state index in [0.29, 0.717) is 19.2 Å². The van der Waals surface area contributed by atoms with E-state index in [2.05, 4.69) is 10.3 Å². The van der Waals surface area contributed by atoms with Gasteiger partial charge in [-0.2, -0.15) is 0 Å². The molecule has 1 atom stereocenters. The molecule has 1 amide bonds. The molecule has 0 spiro atoms. The van der Waals surface area contributed by atoms with Gasteiger partial charge in [0.1, 0.15) is 0 Å². The highest BCUT2D eigenvalue weighted by Gasteiger charge is 2.14. The van der Waals surface area contributed by atoms with Crippen molar-refractivity contribution in [3.63, 3.8) is 0 Å². The Morgan fingerprint density at radius 3 is 2.95 bits per heavy atom.